The van der Waals surface area contributed by atoms with Crippen LogP contribution in [0.15, 0.2) is 34.3 Å². The van der Waals surface area contributed by atoms with Gasteiger partial charge in [0.15, 0.2) is 0 Å². The molecular weight excluding hydrogens is 234 g/mol. The molecule has 0 aliphatic carbocycles. The zero-order chi connectivity index (χ0) is 12.3. The Labute approximate surface area is 104 Å². The summed E-state index contributed by atoms with van der Waals surface area (Å²) in [5.41, 5.74) is 0.947. The molecule has 90 valence electrons. The fourth-order valence-corrected chi connectivity index (χ4v) is 2.22. The van der Waals surface area contributed by atoms with Crippen molar-refractivity contribution < 1.29 is 5.11 Å². The van der Waals surface area contributed by atoms with E-state index in [9.17, 15) is 5.11 Å². The van der Waals surface area contributed by atoms with Crippen LogP contribution in [0.3, 0.4) is 0 Å². The number of nitrogens with one attached hydrogen (secondary N) is 1. The van der Waals surface area contributed by atoms with E-state index in [1.165, 1.54) is 11.8 Å². The zero-order valence-corrected chi connectivity index (χ0v) is 10.7. The van der Waals surface area contributed by atoms with Crippen LogP contribution in [-0.2, 0) is 0 Å². The summed E-state index contributed by atoms with van der Waals surface area (Å²) in [6.07, 6.45) is 0.354. The first-order chi connectivity index (χ1) is 8.19. The van der Waals surface area contributed by atoms with E-state index in [4.69, 9.17) is 0 Å². The smallest absolute Gasteiger partial charge is 0.213 e. The first-order valence-corrected chi connectivity index (χ1v) is 6.35. The molecule has 0 saturated heterocycles. The van der Waals surface area contributed by atoms with Gasteiger partial charge in [0.05, 0.1) is 6.10 Å². The summed E-state index contributed by atoms with van der Waals surface area (Å²) in [5, 5.41) is 17.3. The molecule has 5 heteroatoms. The second-order valence-electron chi connectivity index (χ2n) is 3.80. The molecule has 4 nitrogen and oxygen atoms in total. The number of aromatic amines is 1. The lowest BCUT2D eigenvalue weighted by Gasteiger charge is -2.07. The van der Waals surface area contributed by atoms with Gasteiger partial charge in [-0.1, -0.05) is 19.1 Å². The topological polar surface area (TPSA) is 61.8 Å². The first-order valence-electron chi connectivity index (χ1n) is 5.54. The Balaban J connectivity index is 2.08. The molecule has 0 unspecified atom stereocenters. The van der Waals surface area contributed by atoms with Gasteiger partial charge in [-0.15, -0.1) is 5.10 Å². The summed E-state index contributed by atoms with van der Waals surface area (Å²) in [4.78, 5) is 5.29. The van der Waals surface area contributed by atoms with Crippen molar-refractivity contribution >= 4 is 11.8 Å². The van der Waals surface area contributed by atoms with E-state index in [2.05, 4.69) is 15.2 Å². The van der Waals surface area contributed by atoms with Crippen molar-refractivity contribution in [2.24, 2.45) is 0 Å². The maximum atomic E-state index is 9.68. The summed E-state index contributed by atoms with van der Waals surface area (Å²) in [5.74, 6) is 0.811. The Hall–Kier alpha value is -1.33. The van der Waals surface area contributed by atoms with Gasteiger partial charge in [-0.2, -0.15) is 0 Å². The summed E-state index contributed by atoms with van der Waals surface area (Å²) >= 11 is 1.50. The number of benzene rings is 1. The van der Waals surface area contributed by atoms with Gasteiger partial charge in [0.25, 0.3) is 0 Å². The summed E-state index contributed by atoms with van der Waals surface area (Å²) in [6, 6.07) is 7.83. The molecule has 0 bridgehead atoms. The van der Waals surface area contributed by atoms with E-state index in [1.807, 2.05) is 38.1 Å². The third-order valence-corrected chi connectivity index (χ3v) is 3.31. The lowest BCUT2D eigenvalue weighted by atomic mass is 10.1. The molecule has 1 atom stereocenters. The molecule has 1 heterocycles. The lowest BCUT2D eigenvalue weighted by Crippen LogP contribution is -1.94. The SMILES string of the molecule is CC[C@@H](O)c1ccc(Sc2n[nH]c(C)n2)cc1. The van der Waals surface area contributed by atoms with Crippen LogP contribution < -0.4 is 0 Å². The van der Waals surface area contributed by atoms with Gasteiger partial charge in [0, 0.05) is 4.90 Å². The molecule has 17 heavy (non-hydrogen) atoms. The van der Waals surface area contributed by atoms with Crippen LogP contribution in [0.1, 0.15) is 30.8 Å². The number of aliphatic hydroxyl groups excluding tert-OH is 1. The average Bonchev–Trinajstić information content (AvgIpc) is 2.75. The van der Waals surface area contributed by atoms with Gasteiger partial charge in [-0.3, -0.25) is 5.10 Å². The van der Waals surface area contributed by atoms with Crippen molar-refractivity contribution in [3.63, 3.8) is 0 Å². The van der Waals surface area contributed by atoms with Crippen LogP contribution in [0.5, 0.6) is 0 Å². The van der Waals surface area contributed by atoms with Crippen LogP contribution in [0.4, 0.5) is 0 Å². The molecule has 2 rings (SSSR count). The maximum Gasteiger partial charge on any atom is 0.213 e. The van der Waals surface area contributed by atoms with Gasteiger partial charge >= 0.3 is 0 Å². The van der Waals surface area contributed by atoms with Gasteiger partial charge in [0.2, 0.25) is 5.16 Å². The largest absolute Gasteiger partial charge is 0.388 e. The second-order valence-corrected chi connectivity index (χ2v) is 4.84. The molecule has 0 aliphatic heterocycles. The molecule has 0 amide bonds. The van der Waals surface area contributed by atoms with Crippen molar-refractivity contribution in [1.29, 1.82) is 0 Å². The number of hydrogen-bond acceptors (Lipinski definition) is 4. The number of hydrogen-bond donors (Lipinski definition) is 2. The molecule has 0 aliphatic rings. The van der Waals surface area contributed by atoms with Crippen LogP contribution in [-0.4, -0.2) is 20.3 Å². The van der Waals surface area contributed by atoms with E-state index in [0.29, 0.717) is 5.16 Å². The van der Waals surface area contributed by atoms with Crippen LogP contribution in [0, 0.1) is 6.92 Å². The lowest BCUT2D eigenvalue weighted by molar-refractivity contribution is 0.173. The zero-order valence-electron chi connectivity index (χ0n) is 9.84. The first kappa shape index (κ1) is 12.1. The van der Waals surface area contributed by atoms with E-state index in [1.54, 1.807) is 0 Å². The summed E-state index contributed by atoms with van der Waals surface area (Å²) in [6.45, 7) is 3.83. The molecule has 1 aromatic carbocycles. The van der Waals surface area contributed by atoms with E-state index < -0.39 is 0 Å². The Morgan fingerprint density at radius 3 is 2.59 bits per heavy atom. The van der Waals surface area contributed by atoms with Gasteiger partial charge in [-0.25, -0.2) is 4.98 Å². The van der Waals surface area contributed by atoms with Crippen LogP contribution >= 0.6 is 11.8 Å². The molecule has 2 aromatic rings. The van der Waals surface area contributed by atoms with E-state index in [-0.39, 0.29) is 6.10 Å². The highest BCUT2D eigenvalue weighted by atomic mass is 32.2. The Morgan fingerprint density at radius 1 is 1.35 bits per heavy atom. The van der Waals surface area contributed by atoms with Crippen molar-refractivity contribution in [2.75, 3.05) is 0 Å². The third kappa shape index (κ3) is 3.08. The van der Waals surface area contributed by atoms with Gasteiger partial charge < -0.3 is 5.11 Å². The van der Waals surface area contributed by atoms with Crippen LogP contribution in [0.2, 0.25) is 0 Å². The highest BCUT2D eigenvalue weighted by molar-refractivity contribution is 7.99. The number of H-pyrrole nitrogens is 1. The van der Waals surface area contributed by atoms with Crippen molar-refractivity contribution in [2.45, 2.75) is 36.4 Å². The second kappa shape index (κ2) is 5.33. The maximum absolute atomic E-state index is 9.68. The van der Waals surface area contributed by atoms with Crippen LogP contribution in [0.25, 0.3) is 0 Å². The molecular formula is C12H15N3OS. The molecule has 0 radical (unpaired) electrons. The summed E-state index contributed by atoms with van der Waals surface area (Å²) < 4.78 is 0. The number of aliphatic hydroxyl groups is 1. The van der Waals surface area contributed by atoms with E-state index >= 15 is 0 Å². The molecule has 0 spiro atoms. The number of aryl methyl sites for hydroxylation is 1. The van der Waals surface area contributed by atoms with Crippen molar-refractivity contribution in [1.82, 2.24) is 15.2 Å². The number of aromatic nitrogens is 3. The molecule has 1 aromatic heterocycles. The average molecular weight is 249 g/mol. The Kier molecular flexibility index (Phi) is 3.81. The minimum atomic E-state index is -0.375. The molecule has 0 saturated carbocycles. The standard InChI is InChI=1S/C12H15N3OS/c1-3-11(16)9-4-6-10(7-5-9)17-12-13-8(2)14-15-12/h4-7,11,16H,3H2,1-2H3,(H,13,14,15)/t11-/m1/s1. The fourth-order valence-electron chi connectivity index (χ4n) is 1.47. The van der Waals surface area contributed by atoms with Gasteiger partial charge in [-0.05, 0) is 42.8 Å². The Bertz CT molecular complexity index is 481. The van der Waals surface area contributed by atoms with Crippen molar-refractivity contribution in [3.05, 3.63) is 35.7 Å². The summed E-state index contributed by atoms with van der Waals surface area (Å²) in [7, 11) is 0. The predicted octanol–water partition coefficient (Wildman–Crippen LogP) is 2.71. The fraction of sp³-hybridized carbons (Fsp3) is 0.333. The monoisotopic (exact) mass is 249 g/mol. The number of nitrogens with zero attached hydrogens (tertiary/aromatic N) is 2. The highest BCUT2D eigenvalue weighted by Crippen LogP contribution is 2.26. The Morgan fingerprint density at radius 2 is 2.06 bits per heavy atom. The van der Waals surface area contributed by atoms with Gasteiger partial charge in [0.1, 0.15) is 5.82 Å². The highest BCUT2D eigenvalue weighted by Gasteiger charge is 2.06. The minimum Gasteiger partial charge on any atom is -0.388 e. The normalized spacial score (nSPS) is 12.6. The quantitative estimate of drug-likeness (QED) is 0.874. The number of rotatable bonds is 4. The van der Waals surface area contributed by atoms with E-state index in [0.717, 1.165) is 22.7 Å². The molecule has 0 fully saturated rings. The molecule has 2 N–H and O–H groups in total. The third-order valence-electron chi connectivity index (χ3n) is 2.44. The van der Waals surface area contributed by atoms with Crippen molar-refractivity contribution in [3.8, 4) is 0 Å². The predicted molar refractivity (Wildman–Crippen MR) is 66.9 cm³/mol. The minimum absolute atomic E-state index is 0.375.